The first-order valence-electron chi connectivity index (χ1n) is 6.02. The third-order valence-corrected chi connectivity index (χ3v) is 3.27. The van der Waals surface area contributed by atoms with Gasteiger partial charge >= 0.3 is 0 Å². The van der Waals surface area contributed by atoms with E-state index in [1.807, 2.05) is 32.0 Å². The predicted molar refractivity (Wildman–Crippen MR) is 72.1 cm³/mol. The van der Waals surface area contributed by atoms with Crippen LogP contribution in [0.25, 0.3) is 11.3 Å². The number of hydrogen-bond acceptors (Lipinski definition) is 5. The number of methoxy groups -OCH3 is 1. The number of hydrogen-bond donors (Lipinski definition) is 1. The Bertz CT molecular complexity index is 653. The molecule has 3 rings (SSSR count). The lowest BCUT2D eigenvalue weighted by Gasteiger charge is -2.33. The van der Waals surface area contributed by atoms with E-state index < -0.39 is 5.60 Å². The fourth-order valence-corrected chi connectivity index (χ4v) is 2.28. The van der Waals surface area contributed by atoms with Gasteiger partial charge in [-0.1, -0.05) is 0 Å². The van der Waals surface area contributed by atoms with Gasteiger partial charge in [0.25, 0.3) is 0 Å². The quantitative estimate of drug-likeness (QED) is 0.849. The highest BCUT2D eigenvalue weighted by molar-refractivity contribution is 5.74. The number of anilines is 1. The van der Waals surface area contributed by atoms with Gasteiger partial charge in [-0.05, 0) is 26.0 Å². The van der Waals surface area contributed by atoms with Crippen LogP contribution in [0.15, 0.2) is 24.4 Å². The standard InChI is InChI=1S/C14H15N3O2/c1-14(2)10-7-16-13(15)17-12(10)9-5-4-8(18-3)6-11(9)19-14/h4-7H,1-3H3,(H2,15,16,17). The van der Waals surface area contributed by atoms with Crippen LogP contribution in [0.4, 0.5) is 5.95 Å². The van der Waals surface area contributed by atoms with Crippen molar-refractivity contribution in [1.29, 1.82) is 0 Å². The van der Waals surface area contributed by atoms with Gasteiger partial charge in [0.2, 0.25) is 5.95 Å². The molecular formula is C14H15N3O2. The number of nitrogens with zero attached hydrogens (tertiary/aromatic N) is 2. The number of fused-ring (bicyclic) bond motifs is 3. The van der Waals surface area contributed by atoms with Crippen molar-refractivity contribution >= 4 is 5.95 Å². The second-order valence-electron chi connectivity index (χ2n) is 4.96. The Balaban J connectivity index is 2.27. The lowest BCUT2D eigenvalue weighted by atomic mass is 9.91. The Morgan fingerprint density at radius 1 is 1.32 bits per heavy atom. The van der Waals surface area contributed by atoms with E-state index in [1.54, 1.807) is 13.3 Å². The zero-order valence-corrected chi connectivity index (χ0v) is 11.1. The van der Waals surface area contributed by atoms with Gasteiger partial charge < -0.3 is 15.2 Å². The fraction of sp³-hybridized carbons (Fsp3) is 0.286. The van der Waals surface area contributed by atoms with Crippen LogP contribution in [0, 0.1) is 0 Å². The summed E-state index contributed by atoms with van der Waals surface area (Å²) in [5.41, 5.74) is 7.86. The Morgan fingerprint density at radius 3 is 2.84 bits per heavy atom. The van der Waals surface area contributed by atoms with E-state index in [0.717, 1.165) is 28.3 Å². The van der Waals surface area contributed by atoms with Gasteiger partial charge in [-0.3, -0.25) is 0 Å². The maximum absolute atomic E-state index is 6.03. The Morgan fingerprint density at radius 2 is 2.11 bits per heavy atom. The number of rotatable bonds is 1. The van der Waals surface area contributed by atoms with Crippen molar-refractivity contribution in [3.63, 3.8) is 0 Å². The minimum absolute atomic E-state index is 0.262. The first-order chi connectivity index (χ1) is 9.01. The lowest BCUT2D eigenvalue weighted by molar-refractivity contribution is 0.104. The van der Waals surface area contributed by atoms with Gasteiger partial charge in [0.05, 0.1) is 12.8 Å². The van der Waals surface area contributed by atoms with Gasteiger partial charge in [0.1, 0.15) is 17.1 Å². The number of nitrogen functional groups attached to an aromatic ring is 1. The number of ether oxygens (including phenoxy) is 2. The molecule has 0 atom stereocenters. The summed E-state index contributed by atoms with van der Waals surface area (Å²) in [5, 5.41) is 0. The number of benzene rings is 1. The molecule has 98 valence electrons. The van der Waals surface area contributed by atoms with Gasteiger partial charge in [-0.25, -0.2) is 9.97 Å². The second-order valence-corrected chi connectivity index (χ2v) is 4.96. The van der Waals surface area contributed by atoms with E-state index in [2.05, 4.69) is 9.97 Å². The molecule has 5 nitrogen and oxygen atoms in total. The molecule has 0 bridgehead atoms. The average molecular weight is 257 g/mol. The highest BCUT2D eigenvalue weighted by Gasteiger charge is 2.34. The van der Waals surface area contributed by atoms with Gasteiger partial charge in [0.15, 0.2) is 0 Å². The van der Waals surface area contributed by atoms with Gasteiger partial charge in [-0.2, -0.15) is 0 Å². The predicted octanol–water partition coefficient (Wildman–Crippen LogP) is 2.36. The van der Waals surface area contributed by atoms with Crippen LogP contribution in [0.3, 0.4) is 0 Å². The summed E-state index contributed by atoms with van der Waals surface area (Å²) in [6.07, 6.45) is 1.73. The van der Waals surface area contributed by atoms with Crippen LogP contribution in [0.5, 0.6) is 11.5 Å². The van der Waals surface area contributed by atoms with Crippen molar-refractivity contribution in [2.75, 3.05) is 12.8 Å². The normalized spacial score (nSPS) is 15.1. The van der Waals surface area contributed by atoms with E-state index in [1.165, 1.54) is 0 Å². The van der Waals surface area contributed by atoms with Crippen LogP contribution < -0.4 is 15.2 Å². The molecule has 0 fully saturated rings. The summed E-state index contributed by atoms with van der Waals surface area (Å²) in [6, 6.07) is 5.66. The third-order valence-electron chi connectivity index (χ3n) is 3.27. The fourth-order valence-electron chi connectivity index (χ4n) is 2.28. The molecule has 0 saturated carbocycles. The number of nitrogens with two attached hydrogens (primary N) is 1. The molecule has 1 aliphatic heterocycles. The van der Waals surface area contributed by atoms with Crippen molar-refractivity contribution in [2.24, 2.45) is 0 Å². The minimum Gasteiger partial charge on any atom is -0.497 e. The molecule has 0 spiro atoms. The molecule has 2 heterocycles. The van der Waals surface area contributed by atoms with Crippen LogP contribution in [0.2, 0.25) is 0 Å². The first kappa shape index (κ1) is 11.8. The van der Waals surface area contributed by atoms with Gasteiger partial charge in [-0.15, -0.1) is 0 Å². The molecule has 0 aliphatic carbocycles. The van der Waals surface area contributed by atoms with Crippen LogP contribution in [0.1, 0.15) is 19.4 Å². The van der Waals surface area contributed by atoms with Crippen molar-refractivity contribution in [2.45, 2.75) is 19.4 Å². The summed E-state index contributed by atoms with van der Waals surface area (Å²) in [7, 11) is 1.63. The zero-order valence-electron chi connectivity index (χ0n) is 11.1. The first-order valence-corrected chi connectivity index (χ1v) is 6.02. The molecule has 0 amide bonds. The summed E-state index contributed by atoms with van der Waals surface area (Å²) < 4.78 is 11.2. The summed E-state index contributed by atoms with van der Waals surface area (Å²) in [6.45, 7) is 3.96. The molecule has 2 N–H and O–H groups in total. The topological polar surface area (TPSA) is 70.3 Å². The van der Waals surface area contributed by atoms with Crippen LogP contribution in [-0.4, -0.2) is 17.1 Å². The molecule has 5 heteroatoms. The smallest absolute Gasteiger partial charge is 0.220 e. The lowest BCUT2D eigenvalue weighted by Crippen LogP contribution is -2.30. The molecular weight excluding hydrogens is 242 g/mol. The number of aromatic nitrogens is 2. The Kier molecular flexibility index (Phi) is 2.38. The van der Waals surface area contributed by atoms with Gasteiger partial charge in [0, 0.05) is 23.4 Å². The van der Waals surface area contributed by atoms with E-state index in [0.29, 0.717) is 0 Å². The van der Waals surface area contributed by atoms with E-state index in [4.69, 9.17) is 15.2 Å². The highest BCUT2D eigenvalue weighted by atomic mass is 16.5. The summed E-state index contributed by atoms with van der Waals surface area (Å²) in [5.74, 6) is 1.76. The monoisotopic (exact) mass is 257 g/mol. The second kappa shape index (κ2) is 3.85. The summed E-state index contributed by atoms with van der Waals surface area (Å²) in [4.78, 5) is 8.41. The molecule has 0 unspecified atom stereocenters. The van der Waals surface area contributed by atoms with Crippen molar-refractivity contribution in [3.8, 4) is 22.8 Å². The Hall–Kier alpha value is -2.30. The van der Waals surface area contributed by atoms with Crippen LogP contribution >= 0.6 is 0 Å². The SMILES string of the molecule is COc1ccc2c(c1)OC(C)(C)c1cnc(N)nc1-2. The average Bonchev–Trinajstić information content (AvgIpc) is 2.37. The van der Waals surface area contributed by atoms with E-state index in [9.17, 15) is 0 Å². The largest absolute Gasteiger partial charge is 0.497 e. The van der Waals surface area contributed by atoms with E-state index in [-0.39, 0.29) is 5.95 Å². The maximum atomic E-state index is 6.03. The van der Waals surface area contributed by atoms with E-state index >= 15 is 0 Å². The summed E-state index contributed by atoms with van der Waals surface area (Å²) >= 11 is 0. The van der Waals surface area contributed by atoms with Crippen molar-refractivity contribution in [1.82, 2.24) is 9.97 Å². The maximum Gasteiger partial charge on any atom is 0.220 e. The molecule has 0 radical (unpaired) electrons. The highest BCUT2D eigenvalue weighted by Crippen LogP contribution is 2.45. The molecule has 1 aliphatic rings. The molecule has 2 aromatic rings. The van der Waals surface area contributed by atoms with Crippen LogP contribution in [-0.2, 0) is 5.60 Å². The Labute approximate surface area is 111 Å². The van der Waals surface area contributed by atoms with Crippen molar-refractivity contribution in [3.05, 3.63) is 30.0 Å². The molecule has 0 saturated heterocycles. The zero-order chi connectivity index (χ0) is 13.6. The molecule has 1 aromatic heterocycles. The molecule has 19 heavy (non-hydrogen) atoms. The van der Waals surface area contributed by atoms with Crippen molar-refractivity contribution < 1.29 is 9.47 Å². The molecule has 1 aromatic carbocycles. The minimum atomic E-state index is -0.498. The third kappa shape index (κ3) is 1.78.